The fourth-order valence-corrected chi connectivity index (χ4v) is 2.72. The highest BCUT2D eigenvalue weighted by Crippen LogP contribution is 2.25. The number of aliphatic hydroxyl groups is 1. The zero-order valence-electron chi connectivity index (χ0n) is 12.6. The van der Waals surface area contributed by atoms with Gasteiger partial charge >= 0.3 is 0 Å². The van der Waals surface area contributed by atoms with Crippen LogP contribution in [0.1, 0.15) is 17.3 Å². The van der Waals surface area contributed by atoms with Crippen LogP contribution < -0.4 is 16.0 Å². The Labute approximate surface area is 144 Å². The molecule has 1 aromatic rings. The van der Waals surface area contributed by atoms with Crippen molar-refractivity contribution in [2.75, 3.05) is 19.6 Å². The third kappa shape index (κ3) is 4.57. The Kier molecular flexibility index (Phi) is 6.24. The minimum absolute atomic E-state index is 0.0239. The van der Waals surface area contributed by atoms with Crippen LogP contribution in [0.4, 0.5) is 0 Å². The highest BCUT2D eigenvalue weighted by molar-refractivity contribution is 6.43. The summed E-state index contributed by atoms with van der Waals surface area (Å²) in [5.41, 5.74) is 0.217. The Balaban J connectivity index is 1.87. The molecule has 0 aromatic heterocycles. The molecule has 1 fully saturated rings. The lowest BCUT2D eigenvalue weighted by molar-refractivity contribution is -0.122. The number of hydrogen-bond acceptors (Lipinski definition) is 4. The zero-order valence-corrected chi connectivity index (χ0v) is 14.1. The minimum Gasteiger partial charge on any atom is -0.391 e. The molecule has 2 rings (SSSR count). The van der Waals surface area contributed by atoms with E-state index in [0.717, 1.165) is 0 Å². The third-order valence-electron chi connectivity index (χ3n) is 3.78. The van der Waals surface area contributed by atoms with Crippen LogP contribution in [0.15, 0.2) is 18.2 Å². The molecule has 0 bridgehead atoms. The summed E-state index contributed by atoms with van der Waals surface area (Å²) in [5, 5.41) is 18.5. The molecule has 0 saturated carbocycles. The highest BCUT2D eigenvalue weighted by Gasteiger charge is 2.26. The molecule has 23 heavy (non-hydrogen) atoms. The molecule has 1 aliphatic heterocycles. The van der Waals surface area contributed by atoms with Gasteiger partial charge in [-0.05, 0) is 19.1 Å². The first-order valence-corrected chi connectivity index (χ1v) is 8.07. The van der Waals surface area contributed by atoms with Crippen LogP contribution in [-0.2, 0) is 4.79 Å². The van der Waals surface area contributed by atoms with Crippen LogP contribution in [0.3, 0.4) is 0 Å². The van der Waals surface area contributed by atoms with Gasteiger partial charge in [0.1, 0.15) is 6.04 Å². The largest absolute Gasteiger partial charge is 0.391 e. The standard InChI is InChI=1S/C15H19Cl2N3O3/c1-8(14(22)19-6-9-5-18-7-12(9)21)20-15(23)10-3-2-4-11(16)13(10)17/h2-4,8-9,12,18,21H,5-7H2,1H3,(H,19,22)(H,20,23). The van der Waals surface area contributed by atoms with Gasteiger partial charge in [0, 0.05) is 25.6 Å². The van der Waals surface area contributed by atoms with Crippen molar-refractivity contribution in [2.24, 2.45) is 5.92 Å². The molecule has 2 amide bonds. The molecule has 1 heterocycles. The third-order valence-corrected chi connectivity index (χ3v) is 4.60. The smallest absolute Gasteiger partial charge is 0.253 e. The van der Waals surface area contributed by atoms with Crippen molar-refractivity contribution < 1.29 is 14.7 Å². The summed E-state index contributed by atoms with van der Waals surface area (Å²) in [6.07, 6.45) is -0.467. The maximum absolute atomic E-state index is 12.2. The topological polar surface area (TPSA) is 90.5 Å². The number of carbonyl (C=O) groups is 2. The van der Waals surface area contributed by atoms with Gasteiger partial charge in [0.15, 0.2) is 0 Å². The van der Waals surface area contributed by atoms with Crippen molar-refractivity contribution in [1.29, 1.82) is 0 Å². The summed E-state index contributed by atoms with van der Waals surface area (Å²) >= 11 is 11.9. The monoisotopic (exact) mass is 359 g/mol. The normalized spacial score (nSPS) is 21.7. The average molecular weight is 360 g/mol. The highest BCUT2D eigenvalue weighted by atomic mass is 35.5. The molecule has 0 spiro atoms. The van der Waals surface area contributed by atoms with Crippen molar-refractivity contribution >= 4 is 35.0 Å². The second-order valence-corrected chi connectivity index (χ2v) is 6.31. The molecular formula is C15H19Cl2N3O3. The van der Waals surface area contributed by atoms with E-state index >= 15 is 0 Å². The number of β-amino-alcohol motifs (C(OH)–C–C–N with tert-alkyl or cyclic N) is 1. The van der Waals surface area contributed by atoms with Gasteiger partial charge < -0.3 is 21.1 Å². The van der Waals surface area contributed by atoms with E-state index in [4.69, 9.17) is 23.2 Å². The summed E-state index contributed by atoms with van der Waals surface area (Å²) in [6.45, 7) is 3.11. The van der Waals surface area contributed by atoms with Gasteiger partial charge in [-0.3, -0.25) is 9.59 Å². The predicted octanol–water partition coefficient (Wildman–Crippen LogP) is 0.808. The first-order chi connectivity index (χ1) is 10.9. The van der Waals surface area contributed by atoms with Crippen molar-refractivity contribution in [3.05, 3.63) is 33.8 Å². The van der Waals surface area contributed by atoms with Crippen LogP contribution in [0, 0.1) is 5.92 Å². The number of amides is 2. The van der Waals surface area contributed by atoms with Gasteiger partial charge in [-0.2, -0.15) is 0 Å². The van der Waals surface area contributed by atoms with E-state index in [1.807, 2.05) is 0 Å². The van der Waals surface area contributed by atoms with Gasteiger partial charge in [0.2, 0.25) is 5.91 Å². The maximum Gasteiger partial charge on any atom is 0.253 e. The summed E-state index contributed by atoms with van der Waals surface area (Å²) in [7, 11) is 0. The molecule has 1 aliphatic rings. The van der Waals surface area contributed by atoms with E-state index in [1.54, 1.807) is 19.1 Å². The number of halogens is 2. The van der Waals surface area contributed by atoms with Crippen molar-refractivity contribution in [3.63, 3.8) is 0 Å². The summed E-state index contributed by atoms with van der Waals surface area (Å²) < 4.78 is 0. The first kappa shape index (κ1) is 18.0. The maximum atomic E-state index is 12.2. The molecule has 8 heteroatoms. The lowest BCUT2D eigenvalue weighted by atomic mass is 10.1. The lowest BCUT2D eigenvalue weighted by Crippen LogP contribution is -2.47. The predicted molar refractivity (Wildman–Crippen MR) is 88.8 cm³/mol. The van der Waals surface area contributed by atoms with Crippen molar-refractivity contribution in [3.8, 4) is 0 Å². The lowest BCUT2D eigenvalue weighted by Gasteiger charge is -2.18. The average Bonchev–Trinajstić information content (AvgIpc) is 2.92. The van der Waals surface area contributed by atoms with Crippen LogP contribution >= 0.6 is 23.2 Å². The van der Waals surface area contributed by atoms with Crippen LogP contribution in [-0.4, -0.2) is 48.7 Å². The van der Waals surface area contributed by atoms with Crippen LogP contribution in [0.5, 0.6) is 0 Å². The number of benzene rings is 1. The Morgan fingerprint density at radius 2 is 2.13 bits per heavy atom. The number of rotatable bonds is 5. The quantitative estimate of drug-likeness (QED) is 0.626. The van der Waals surface area contributed by atoms with E-state index in [0.29, 0.717) is 19.6 Å². The molecule has 6 nitrogen and oxygen atoms in total. The zero-order chi connectivity index (χ0) is 17.0. The Morgan fingerprint density at radius 1 is 1.39 bits per heavy atom. The van der Waals surface area contributed by atoms with Gasteiger partial charge in [0.05, 0.1) is 21.7 Å². The fourth-order valence-electron chi connectivity index (χ4n) is 2.33. The molecule has 126 valence electrons. The Hall–Kier alpha value is -1.34. The minimum atomic E-state index is -0.732. The molecule has 0 radical (unpaired) electrons. The molecule has 0 aliphatic carbocycles. The van der Waals surface area contributed by atoms with Gasteiger partial charge in [-0.15, -0.1) is 0 Å². The number of hydrogen-bond donors (Lipinski definition) is 4. The molecule has 3 atom stereocenters. The number of aliphatic hydroxyl groups excluding tert-OH is 1. The number of nitrogens with one attached hydrogen (secondary N) is 3. The summed E-state index contributed by atoms with van der Waals surface area (Å²) in [6, 6.07) is 4.00. The van der Waals surface area contributed by atoms with Crippen molar-refractivity contribution in [1.82, 2.24) is 16.0 Å². The van der Waals surface area contributed by atoms with Crippen molar-refractivity contribution in [2.45, 2.75) is 19.1 Å². The second-order valence-electron chi connectivity index (χ2n) is 5.53. The van der Waals surface area contributed by atoms with E-state index < -0.39 is 18.1 Å². The van der Waals surface area contributed by atoms with E-state index in [9.17, 15) is 14.7 Å². The number of carbonyl (C=O) groups excluding carboxylic acids is 2. The van der Waals surface area contributed by atoms with Gasteiger partial charge in [0.25, 0.3) is 5.91 Å². The SMILES string of the molecule is CC(NC(=O)c1cccc(Cl)c1Cl)C(=O)NCC1CNCC1O. The van der Waals surface area contributed by atoms with E-state index in [2.05, 4.69) is 16.0 Å². The van der Waals surface area contributed by atoms with Gasteiger partial charge in [-0.1, -0.05) is 29.3 Å². The molecule has 1 saturated heterocycles. The van der Waals surface area contributed by atoms with E-state index in [-0.39, 0.29) is 27.4 Å². The van der Waals surface area contributed by atoms with Crippen LogP contribution in [0.25, 0.3) is 0 Å². The van der Waals surface area contributed by atoms with E-state index in [1.165, 1.54) is 6.07 Å². The van der Waals surface area contributed by atoms with Gasteiger partial charge in [-0.25, -0.2) is 0 Å². The summed E-state index contributed by atoms with van der Waals surface area (Å²) in [5.74, 6) is -0.817. The first-order valence-electron chi connectivity index (χ1n) is 7.31. The molecule has 1 aromatic carbocycles. The van der Waals surface area contributed by atoms with Crippen LogP contribution in [0.2, 0.25) is 10.0 Å². The Morgan fingerprint density at radius 3 is 2.78 bits per heavy atom. The fraction of sp³-hybridized carbons (Fsp3) is 0.467. The molecule has 4 N–H and O–H groups in total. The Bertz CT molecular complexity index is 597. The molecule has 3 unspecified atom stereocenters. The second kappa shape index (κ2) is 7.97. The summed E-state index contributed by atoms with van der Waals surface area (Å²) in [4.78, 5) is 24.2. The molecular weight excluding hydrogens is 341 g/mol.